The van der Waals surface area contributed by atoms with Crippen molar-refractivity contribution in [2.45, 2.75) is 39.7 Å². The smallest absolute Gasteiger partial charge is 0.223 e. The molecule has 0 spiro atoms. The zero-order valence-electron chi connectivity index (χ0n) is 17.7. The van der Waals surface area contributed by atoms with E-state index in [4.69, 9.17) is 0 Å². The number of anilines is 1. The lowest BCUT2D eigenvalue weighted by atomic mass is 9.95. The first-order valence-electron chi connectivity index (χ1n) is 10.4. The van der Waals surface area contributed by atoms with Crippen LogP contribution in [0.1, 0.15) is 40.5 Å². The van der Waals surface area contributed by atoms with Crippen LogP contribution in [-0.2, 0) is 4.79 Å². The highest BCUT2D eigenvalue weighted by Crippen LogP contribution is 2.35. The van der Waals surface area contributed by atoms with E-state index in [-0.39, 0.29) is 18.4 Å². The molecule has 0 aliphatic carbocycles. The van der Waals surface area contributed by atoms with Gasteiger partial charge in [0, 0.05) is 30.4 Å². The number of thiophene rings is 1. The van der Waals surface area contributed by atoms with Crippen LogP contribution in [-0.4, -0.2) is 40.6 Å². The number of amides is 1. The number of nitrogens with zero attached hydrogens (tertiary/aromatic N) is 3. The van der Waals surface area contributed by atoms with Crippen LogP contribution in [0.2, 0.25) is 0 Å². The van der Waals surface area contributed by atoms with Gasteiger partial charge < -0.3 is 15.3 Å². The lowest BCUT2D eigenvalue weighted by Gasteiger charge is -2.32. The van der Waals surface area contributed by atoms with Crippen LogP contribution in [0.4, 0.5) is 5.82 Å². The Kier molecular flexibility index (Phi) is 6.01. The van der Waals surface area contributed by atoms with Crippen LogP contribution < -0.4 is 10.2 Å². The summed E-state index contributed by atoms with van der Waals surface area (Å²) in [6, 6.07) is 7.75. The number of fused-ring (bicyclic) bond motifs is 1. The van der Waals surface area contributed by atoms with Crippen molar-refractivity contribution in [1.29, 1.82) is 0 Å². The second kappa shape index (κ2) is 8.70. The van der Waals surface area contributed by atoms with Crippen LogP contribution >= 0.6 is 11.3 Å². The normalized spacial score (nSPS) is 16.1. The molecule has 158 valence electrons. The van der Waals surface area contributed by atoms with Crippen LogP contribution in [0.15, 0.2) is 30.6 Å². The highest BCUT2D eigenvalue weighted by Gasteiger charge is 2.27. The summed E-state index contributed by atoms with van der Waals surface area (Å²) in [4.78, 5) is 26.2. The molecule has 0 saturated carbocycles. The zero-order chi connectivity index (χ0) is 21.3. The summed E-state index contributed by atoms with van der Waals surface area (Å²) in [5.74, 6) is 0.973. The Morgan fingerprint density at radius 3 is 2.60 bits per heavy atom. The number of rotatable bonds is 5. The SMILES string of the molecule is Cc1ccc([C@H](O)CNC(=O)C2CCN(c3ncnc4sc(C)c(C)c34)CC2)cc1. The Balaban J connectivity index is 1.34. The molecule has 2 N–H and O–H groups in total. The fourth-order valence-electron chi connectivity index (χ4n) is 4.01. The number of aliphatic hydroxyl groups is 1. The van der Waals surface area contributed by atoms with E-state index >= 15 is 0 Å². The minimum atomic E-state index is -0.686. The van der Waals surface area contributed by atoms with Crippen molar-refractivity contribution in [3.63, 3.8) is 0 Å². The van der Waals surface area contributed by atoms with Gasteiger partial charge in [-0.3, -0.25) is 4.79 Å². The fourth-order valence-corrected chi connectivity index (χ4v) is 5.00. The highest BCUT2D eigenvalue weighted by atomic mass is 32.1. The monoisotopic (exact) mass is 424 g/mol. The van der Waals surface area contributed by atoms with Gasteiger partial charge >= 0.3 is 0 Å². The number of carbonyl (C=O) groups excluding carboxylic acids is 1. The summed E-state index contributed by atoms with van der Waals surface area (Å²) >= 11 is 1.70. The number of benzene rings is 1. The predicted molar refractivity (Wildman–Crippen MR) is 121 cm³/mol. The Hall–Kier alpha value is -2.51. The van der Waals surface area contributed by atoms with Crippen molar-refractivity contribution in [3.05, 3.63) is 52.2 Å². The molecule has 0 bridgehead atoms. The highest BCUT2D eigenvalue weighted by molar-refractivity contribution is 7.18. The molecule has 1 aliphatic rings. The molecule has 1 atom stereocenters. The number of piperidine rings is 1. The maximum absolute atomic E-state index is 12.6. The minimum Gasteiger partial charge on any atom is -0.387 e. The Morgan fingerprint density at radius 1 is 1.20 bits per heavy atom. The van der Waals surface area contributed by atoms with Gasteiger partial charge in [0.25, 0.3) is 0 Å². The fraction of sp³-hybridized carbons (Fsp3) is 0.435. The van der Waals surface area contributed by atoms with Gasteiger partial charge in [-0.15, -0.1) is 11.3 Å². The molecule has 7 heteroatoms. The molecule has 6 nitrogen and oxygen atoms in total. The lowest BCUT2D eigenvalue weighted by molar-refractivity contribution is -0.126. The number of hydrogen-bond donors (Lipinski definition) is 2. The number of hydrogen-bond acceptors (Lipinski definition) is 6. The van der Waals surface area contributed by atoms with E-state index < -0.39 is 6.10 Å². The third-order valence-electron chi connectivity index (χ3n) is 6.04. The van der Waals surface area contributed by atoms with Gasteiger partial charge in [0.15, 0.2) is 0 Å². The number of aromatic nitrogens is 2. The third-order valence-corrected chi connectivity index (χ3v) is 7.16. The summed E-state index contributed by atoms with van der Waals surface area (Å²) in [5, 5.41) is 14.4. The molecule has 0 unspecified atom stereocenters. The molecule has 4 rings (SSSR count). The van der Waals surface area contributed by atoms with Crippen LogP contribution in [0.25, 0.3) is 10.2 Å². The molecule has 0 radical (unpaired) electrons. The standard InChI is InChI=1S/C23H28N4O2S/c1-14-4-6-17(7-5-14)19(28)12-24-22(29)18-8-10-27(11-9-18)21-20-15(2)16(3)30-23(20)26-13-25-21/h4-7,13,18-19,28H,8-12H2,1-3H3,(H,24,29)/t19-/m1/s1. The third kappa shape index (κ3) is 4.18. The summed E-state index contributed by atoms with van der Waals surface area (Å²) < 4.78 is 0. The second-order valence-corrected chi connectivity index (χ2v) is 9.30. The van der Waals surface area contributed by atoms with Crippen molar-refractivity contribution < 1.29 is 9.90 Å². The van der Waals surface area contributed by atoms with Gasteiger partial charge in [0.2, 0.25) is 5.91 Å². The van der Waals surface area contributed by atoms with E-state index in [0.29, 0.717) is 0 Å². The maximum Gasteiger partial charge on any atom is 0.223 e. The van der Waals surface area contributed by atoms with Gasteiger partial charge in [-0.05, 0) is 44.7 Å². The molecule has 1 saturated heterocycles. The van der Waals surface area contributed by atoms with E-state index in [9.17, 15) is 9.90 Å². The second-order valence-electron chi connectivity index (χ2n) is 8.09. The van der Waals surface area contributed by atoms with Gasteiger partial charge in [0.1, 0.15) is 17.0 Å². The van der Waals surface area contributed by atoms with Gasteiger partial charge in [-0.25, -0.2) is 9.97 Å². The van der Waals surface area contributed by atoms with Crippen molar-refractivity contribution in [1.82, 2.24) is 15.3 Å². The average molecular weight is 425 g/mol. The van der Waals surface area contributed by atoms with Gasteiger partial charge in [-0.2, -0.15) is 0 Å². The molecule has 1 amide bonds. The Bertz CT molecular complexity index is 1040. The summed E-state index contributed by atoms with van der Waals surface area (Å²) in [5.41, 5.74) is 3.22. The molecule has 1 aliphatic heterocycles. The molecule has 3 aromatic rings. The van der Waals surface area contributed by atoms with Crippen molar-refractivity contribution >= 4 is 33.3 Å². The first kappa shape index (κ1) is 20.8. The maximum atomic E-state index is 12.6. The van der Waals surface area contributed by atoms with Gasteiger partial charge in [-0.1, -0.05) is 29.8 Å². The summed E-state index contributed by atoms with van der Waals surface area (Å²) in [6.07, 6.45) is 2.51. The van der Waals surface area contributed by atoms with E-state index in [1.165, 1.54) is 10.4 Å². The van der Waals surface area contributed by atoms with E-state index in [2.05, 4.69) is 34.0 Å². The van der Waals surface area contributed by atoms with Crippen molar-refractivity contribution in [2.75, 3.05) is 24.5 Å². The number of aryl methyl sites for hydroxylation is 3. The van der Waals surface area contributed by atoms with Crippen LogP contribution in [0.3, 0.4) is 0 Å². The van der Waals surface area contributed by atoms with Crippen LogP contribution in [0.5, 0.6) is 0 Å². The lowest BCUT2D eigenvalue weighted by Crippen LogP contribution is -2.41. The average Bonchev–Trinajstić information content (AvgIpc) is 3.06. The number of nitrogens with one attached hydrogen (secondary N) is 1. The predicted octanol–water partition coefficient (Wildman–Crippen LogP) is 3.68. The molecule has 1 fully saturated rings. The Morgan fingerprint density at radius 2 is 1.90 bits per heavy atom. The van der Waals surface area contributed by atoms with Crippen molar-refractivity contribution in [2.24, 2.45) is 5.92 Å². The molecular formula is C23H28N4O2S. The van der Waals surface area contributed by atoms with E-state index in [0.717, 1.165) is 53.1 Å². The van der Waals surface area contributed by atoms with E-state index in [1.54, 1.807) is 17.7 Å². The van der Waals surface area contributed by atoms with Gasteiger partial charge in [0.05, 0.1) is 11.5 Å². The number of carbonyl (C=O) groups is 1. The molecule has 30 heavy (non-hydrogen) atoms. The minimum absolute atomic E-state index is 0.0243. The van der Waals surface area contributed by atoms with Crippen molar-refractivity contribution in [3.8, 4) is 0 Å². The molecule has 1 aromatic carbocycles. The largest absolute Gasteiger partial charge is 0.387 e. The first-order valence-corrected chi connectivity index (χ1v) is 11.2. The number of aliphatic hydroxyl groups excluding tert-OH is 1. The van der Waals surface area contributed by atoms with E-state index in [1.807, 2.05) is 31.2 Å². The summed E-state index contributed by atoms with van der Waals surface area (Å²) in [6.45, 7) is 8.07. The molecule has 2 aromatic heterocycles. The topological polar surface area (TPSA) is 78.4 Å². The Labute approximate surface area is 181 Å². The molecule has 3 heterocycles. The zero-order valence-corrected chi connectivity index (χ0v) is 18.5. The first-order chi connectivity index (χ1) is 14.4. The summed E-state index contributed by atoms with van der Waals surface area (Å²) in [7, 11) is 0. The molecular weight excluding hydrogens is 396 g/mol. The van der Waals surface area contributed by atoms with Crippen LogP contribution in [0, 0.1) is 26.7 Å². The quantitative estimate of drug-likeness (QED) is 0.653.